The van der Waals surface area contributed by atoms with Crippen LogP contribution in [0.4, 0.5) is 0 Å². The maximum Gasteiger partial charge on any atom is 0.275 e. The lowest BCUT2D eigenvalue weighted by Crippen LogP contribution is -2.41. The molecule has 2 aromatic carbocycles. The average Bonchev–Trinajstić information content (AvgIpc) is 2.47. The fourth-order valence-corrected chi connectivity index (χ4v) is 3.12. The van der Waals surface area contributed by atoms with E-state index in [1.54, 1.807) is 0 Å². The lowest BCUT2D eigenvalue weighted by atomic mass is 10.1. The number of aromatic nitrogens is 1. The van der Waals surface area contributed by atoms with E-state index < -0.39 is 3.79 Å². The van der Waals surface area contributed by atoms with E-state index in [0.29, 0.717) is 12.2 Å². The minimum absolute atomic E-state index is 0.662. The van der Waals surface area contributed by atoms with E-state index >= 15 is 0 Å². The molecule has 0 saturated heterocycles. The van der Waals surface area contributed by atoms with E-state index in [9.17, 15) is 0 Å². The van der Waals surface area contributed by atoms with Crippen LogP contribution in [-0.2, 0) is 10.3 Å². The molecule has 3 aromatic rings. The number of hydrogen-bond acceptors (Lipinski definition) is 0. The Hall–Kier alpha value is -1.28. The van der Waals surface area contributed by atoms with Gasteiger partial charge in [-0.2, -0.15) is 4.57 Å². The minimum Gasteiger partial charge on any atom is -0.194 e. The summed E-state index contributed by atoms with van der Waals surface area (Å²) in [6.07, 6.45) is 1.96. The van der Waals surface area contributed by atoms with E-state index in [4.69, 9.17) is 34.8 Å². The normalized spacial score (nSPS) is 11.8. The monoisotopic (exact) mass is 336 g/mol. The van der Waals surface area contributed by atoms with Crippen LogP contribution in [0.5, 0.6) is 0 Å². The highest BCUT2D eigenvalue weighted by Gasteiger charge is 2.35. The highest BCUT2D eigenvalue weighted by atomic mass is 35.6. The molecule has 0 atom stereocenters. The van der Waals surface area contributed by atoms with Gasteiger partial charge in [0.05, 0.1) is 5.39 Å². The molecule has 1 heterocycles. The second kappa shape index (κ2) is 5.84. The Morgan fingerprint density at radius 1 is 0.810 bits per heavy atom. The van der Waals surface area contributed by atoms with Gasteiger partial charge in [-0.3, -0.25) is 0 Å². The molecule has 0 aliphatic rings. The van der Waals surface area contributed by atoms with Crippen molar-refractivity contribution in [2.45, 2.75) is 10.3 Å². The van der Waals surface area contributed by atoms with Crippen molar-refractivity contribution >= 4 is 45.6 Å². The molecule has 0 radical (unpaired) electrons. The minimum atomic E-state index is -1.48. The average molecular weight is 338 g/mol. The van der Waals surface area contributed by atoms with Crippen molar-refractivity contribution in [3.63, 3.8) is 0 Å². The van der Waals surface area contributed by atoms with Gasteiger partial charge < -0.3 is 0 Å². The van der Waals surface area contributed by atoms with Gasteiger partial charge in [0.2, 0.25) is 5.69 Å². The summed E-state index contributed by atoms with van der Waals surface area (Å²) in [5, 5.41) is 2.01. The Labute approximate surface area is 138 Å². The van der Waals surface area contributed by atoms with Crippen LogP contribution in [-0.4, -0.2) is 0 Å². The zero-order chi connectivity index (χ0) is 14.9. The number of pyridine rings is 1. The van der Waals surface area contributed by atoms with Crippen molar-refractivity contribution in [1.82, 2.24) is 0 Å². The van der Waals surface area contributed by atoms with Crippen LogP contribution in [0.3, 0.4) is 0 Å². The van der Waals surface area contributed by atoms with Crippen LogP contribution >= 0.6 is 34.8 Å². The molecule has 3 rings (SSSR count). The van der Waals surface area contributed by atoms with Gasteiger partial charge in [0, 0.05) is 11.6 Å². The Kier molecular flexibility index (Phi) is 4.08. The molecule has 0 N–H and O–H groups in total. The lowest BCUT2D eigenvalue weighted by Gasteiger charge is -2.13. The first-order valence-corrected chi connectivity index (χ1v) is 7.71. The molecule has 0 aliphatic carbocycles. The summed E-state index contributed by atoms with van der Waals surface area (Å²) < 4.78 is 0.514. The van der Waals surface area contributed by atoms with Crippen molar-refractivity contribution in [3.05, 3.63) is 78.1 Å². The number of benzene rings is 2. The fraction of sp³-hybridized carbons (Fsp3) is 0.118. The van der Waals surface area contributed by atoms with E-state index in [2.05, 4.69) is 12.1 Å². The zero-order valence-electron chi connectivity index (χ0n) is 11.1. The summed E-state index contributed by atoms with van der Waals surface area (Å²) in [6, 6.07) is 20.1. The van der Waals surface area contributed by atoms with Crippen molar-refractivity contribution in [3.8, 4) is 0 Å². The van der Waals surface area contributed by atoms with Gasteiger partial charge in [0.25, 0.3) is 3.79 Å². The lowest BCUT2D eigenvalue weighted by molar-refractivity contribution is -0.694. The summed E-state index contributed by atoms with van der Waals surface area (Å²) in [5.41, 5.74) is 1.85. The highest BCUT2D eigenvalue weighted by Crippen LogP contribution is 2.39. The van der Waals surface area contributed by atoms with Gasteiger partial charge in [-0.15, -0.1) is 0 Å². The van der Waals surface area contributed by atoms with Crippen LogP contribution in [0.15, 0.2) is 66.9 Å². The first kappa shape index (κ1) is 14.6. The van der Waals surface area contributed by atoms with Crippen molar-refractivity contribution in [1.29, 1.82) is 0 Å². The van der Waals surface area contributed by atoms with Crippen LogP contribution < -0.4 is 4.57 Å². The molecule has 1 aromatic heterocycles. The predicted octanol–water partition coefficient (Wildman–Crippen LogP) is 5.00. The smallest absolute Gasteiger partial charge is 0.194 e. The standard InChI is InChI=1S/C17H13Cl3N/c18-17(19,20)16-15-9-5-4-8-14(15)10-11-21(16)12-13-6-2-1-3-7-13/h1-11H,12H2/q+1. The Morgan fingerprint density at radius 2 is 1.48 bits per heavy atom. The molecular formula is C17H13Cl3N+. The number of halogens is 3. The molecule has 0 aliphatic heterocycles. The molecule has 21 heavy (non-hydrogen) atoms. The molecule has 0 amide bonds. The first-order chi connectivity index (χ1) is 10.1. The highest BCUT2D eigenvalue weighted by molar-refractivity contribution is 6.66. The number of rotatable bonds is 2. The van der Waals surface area contributed by atoms with E-state index in [1.165, 1.54) is 0 Å². The topological polar surface area (TPSA) is 3.88 Å². The van der Waals surface area contributed by atoms with Gasteiger partial charge >= 0.3 is 0 Å². The molecule has 106 valence electrons. The number of nitrogens with zero attached hydrogens (tertiary/aromatic N) is 1. The van der Waals surface area contributed by atoms with E-state index in [1.807, 2.05) is 59.3 Å². The fourth-order valence-electron chi connectivity index (χ4n) is 2.48. The predicted molar refractivity (Wildman–Crippen MR) is 88.9 cm³/mol. The Bertz CT molecular complexity index is 764. The van der Waals surface area contributed by atoms with Crippen LogP contribution in [0.2, 0.25) is 0 Å². The van der Waals surface area contributed by atoms with Crippen LogP contribution in [0, 0.1) is 0 Å². The quantitative estimate of drug-likeness (QED) is 0.457. The maximum absolute atomic E-state index is 6.22. The molecule has 0 bridgehead atoms. The third-order valence-electron chi connectivity index (χ3n) is 3.40. The molecule has 0 saturated carbocycles. The van der Waals surface area contributed by atoms with Crippen molar-refractivity contribution < 1.29 is 4.57 Å². The zero-order valence-corrected chi connectivity index (χ0v) is 13.4. The second-order valence-electron chi connectivity index (χ2n) is 4.86. The molecule has 1 nitrogen and oxygen atoms in total. The van der Waals surface area contributed by atoms with Crippen LogP contribution in [0.25, 0.3) is 10.8 Å². The van der Waals surface area contributed by atoms with Gasteiger partial charge in [-0.25, -0.2) is 0 Å². The number of hydrogen-bond donors (Lipinski definition) is 0. The summed E-state index contributed by atoms with van der Waals surface area (Å²) in [5.74, 6) is 0. The molecule has 0 fully saturated rings. The number of fused-ring (bicyclic) bond motifs is 1. The van der Waals surface area contributed by atoms with E-state index in [0.717, 1.165) is 16.3 Å². The number of alkyl halides is 3. The maximum atomic E-state index is 6.22. The van der Waals surface area contributed by atoms with Gasteiger partial charge in [-0.05, 0) is 11.5 Å². The van der Waals surface area contributed by atoms with Gasteiger partial charge in [-0.1, -0.05) is 83.3 Å². The summed E-state index contributed by atoms with van der Waals surface area (Å²) in [7, 11) is 0. The first-order valence-electron chi connectivity index (χ1n) is 6.58. The van der Waals surface area contributed by atoms with Gasteiger partial charge in [0.15, 0.2) is 12.7 Å². The summed E-state index contributed by atoms with van der Waals surface area (Å²) in [4.78, 5) is 0. The third-order valence-corrected chi connectivity index (χ3v) is 3.94. The van der Waals surface area contributed by atoms with Crippen molar-refractivity contribution in [2.24, 2.45) is 0 Å². The summed E-state index contributed by atoms with van der Waals surface area (Å²) in [6.45, 7) is 0.662. The molecule has 4 heteroatoms. The molecule has 0 unspecified atom stereocenters. The Balaban J connectivity index is 2.18. The second-order valence-corrected chi connectivity index (χ2v) is 7.14. The van der Waals surface area contributed by atoms with Crippen LogP contribution in [0.1, 0.15) is 11.3 Å². The molecule has 0 spiro atoms. The van der Waals surface area contributed by atoms with Gasteiger partial charge in [0.1, 0.15) is 0 Å². The molecular weight excluding hydrogens is 325 g/mol. The van der Waals surface area contributed by atoms with E-state index in [-0.39, 0.29) is 0 Å². The van der Waals surface area contributed by atoms with Crippen molar-refractivity contribution in [2.75, 3.05) is 0 Å². The Morgan fingerprint density at radius 3 is 2.19 bits per heavy atom. The largest absolute Gasteiger partial charge is 0.275 e. The SMILES string of the molecule is ClC(Cl)(Cl)c1c2ccccc2cc[n+]1Cc1ccccc1. The third kappa shape index (κ3) is 3.16. The summed E-state index contributed by atoms with van der Waals surface area (Å²) >= 11 is 18.7.